The van der Waals surface area contributed by atoms with Crippen molar-refractivity contribution in [3.8, 4) is 5.75 Å². The van der Waals surface area contributed by atoms with Crippen LogP contribution in [0.1, 0.15) is 29.6 Å². The lowest BCUT2D eigenvalue weighted by molar-refractivity contribution is -0.122. The van der Waals surface area contributed by atoms with Crippen LogP contribution < -0.4 is 10.5 Å². The van der Waals surface area contributed by atoms with E-state index < -0.39 is 5.41 Å². The molecule has 0 saturated carbocycles. The van der Waals surface area contributed by atoms with Gasteiger partial charge in [-0.1, -0.05) is 36.4 Å². The van der Waals surface area contributed by atoms with E-state index in [4.69, 9.17) is 10.5 Å². The van der Waals surface area contributed by atoms with Crippen molar-refractivity contribution in [1.29, 1.82) is 0 Å². The number of likely N-dealkylation sites (tertiary alicyclic amines) is 1. The Morgan fingerprint density at radius 3 is 2.35 bits per heavy atom. The molecule has 0 radical (unpaired) electrons. The fourth-order valence-electron chi connectivity index (χ4n) is 3.58. The van der Waals surface area contributed by atoms with Gasteiger partial charge in [-0.2, -0.15) is 0 Å². The van der Waals surface area contributed by atoms with Gasteiger partial charge in [0.15, 0.2) is 0 Å². The number of hydrogen-bond donors (Lipinski definition) is 1. The number of primary amides is 1. The zero-order valence-electron chi connectivity index (χ0n) is 14.8. The van der Waals surface area contributed by atoms with Crippen molar-refractivity contribution in [2.45, 2.75) is 19.3 Å². The van der Waals surface area contributed by atoms with Gasteiger partial charge < -0.3 is 15.4 Å². The van der Waals surface area contributed by atoms with Crippen molar-refractivity contribution in [3.05, 3.63) is 66.2 Å². The molecule has 2 amide bonds. The maximum atomic E-state index is 12.8. The summed E-state index contributed by atoms with van der Waals surface area (Å²) in [7, 11) is 0. The smallest absolute Gasteiger partial charge is 0.253 e. The molecule has 5 heteroatoms. The predicted molar refractivity (Wildman–Crippen MR) is 99.8 cm³/mol. The Morgan fingerprint density at radius 1 is 1.04 bits per heavy atom. The molecule has 0 aromatic heterocycles. The third-order valence-corrected chi connectivity index (χ3v) is 4.81. The molecule has 1 unspecified atom stereocenters. The fourth-order valence-corrected chi connectivity index (χ4v) is 3.58. The van der Waals surface area contributed by atoms with Gasteiger partial charge in [0.2, 0.25) is 5.91 Å². The van der Waals surface area contributed by atoms with E-state index in [-0.39, 0.29) is 18.2 Å². The Morgan fingerprint density at radius 2 is 1.69 bits per heavy atom. The normalized spacial score (nSPS) is 19.8. The van der Waals surface area contributed by atoms with Crippen LogP contribution in [0.15, 0.2) is 60.7 Å². The van der Waals surface area contributed by atoms with E-state index in [9.17, 15) is 9.59 Å². The second kappa shape index (κ2) is 8.04. The van der Waals surface area contributed by atoms with Crippen molar-refractivity contribution < 1.29 is 14.3 Å². The Labute approximate surface area is 153 Å². The SMILES string of the molecule is NC(=O)CC1(COc2ccccc2)CCCN(C(=O)c2ccccc2)C1. The summed E-state index contributed by atoms with van der Waals surface area (Å²) in [6.45, 7) is 1.51. The van der Waals surface area contributed by atoms with E-state index in [2.05, 4.69) is 0 Å². The molecule has 3 rings (SSSR count). The lowest BCUT2D eigenvalue weighted by atomic mass is 9.77. The Bertz CT molecular complexity index is 748. The summed E-state index contributed by atoms with van der Waals surface area (Å²) in [5.41, 5.74) is 5.72. The number of amides is 2. The second-order valence-electron chi connectivity index (χ2n) is 6.94. The Balaban J connectivity index is 1.75. The van der Waals surface area contributed by atoms with Gasteiger partial charge >= 0.3 is 0 Å². The van der Waals surface area contributed by atoms with Crippen LogP contribution in [-0.2, 0) is 4.79 Å². The summed E-state index contributed by atoms with van der Waals surface area (Å²) < 4.78 is 5.94. The summed E-state index contributed by atoms with van der Waals surface area (Å²) in [5, 5.41) is 0. The summed E-state index contributed by atoms with van der Waals surface area (Å²) in [6, 6.07) is 18.7. The van der Waals surface area contributed by atoms with Crippen LogP contribution in [0.5, 0.6) is 5.75 Å². The zero-order chi connectivity index (χ0) is 18.4. The number of para-hydroxylation sites is 1. The van der Waals surface area contributed by atoms with Gasteiger partial charge in [0.1, 0.15) is 5.75 Å². The highest BCUT2D eigenvalue weighted by Crippen LogP contribution is 2.35. The first-order valence-corrected chi connectivity index (χ1v) is 8.88. The topological polar surface area (TPSA) is 72.6 Å². The first-order valence-electron chi connectivity index (χ1n) is 8.88. The maximum Gasteiger partial charge on any atom is 0.253 e. The minimum Gasteiger partial charge on any atom is -0.493 e. The third-order valence-electron chi connectivity index (χ3n) is 4.81. The molecule has 1 heterocycles. The highest BCUT2D eigenvalue weighted by atomic mass is 16.5. The van der Waals surface area contributed by atoms with Gasteiger partial charge in [-0.25, -0.2) is 0 Å². The average Bonchev–Trinajstić information content (AvgIpc) is 2.67. The number of ether oxygens (including phenoxy) is 1. The van der Waals surface area contributed by atoms with Gasteiger partial charge in [0.25, 0.3) is 5.91 Å². The van der Waals surface area contributed by atoms with Crippen LogP contribution in [0, 0.1) is 5.41 Å². The lowest BCUT2D eigenvalue weighted by Gasteiger charge is -2.42. The molecule has 2 N–H and O–H groups in total. The van der Waals surface area contributed by atoms with Crippen LogP contribution in [0.25, 0.3) is 0 Å². The van der Waals surface area contributed by atoms with Crippen LogP contribution in [-0.4, -0.2) is 36.4 Å². The van der Waals surface area contributed by atoms with Crippen LogP contribution >= 0.6 is 0 Å². The molecular formula is C21H24N2O3. The van der Waals surface area contributed by atoms with Gasteiger partial charge in [0, 0.05) is 30.5 Å². The van der Waals surface area contributed by atoms with Gasteiger partial charge in [-0.15, -0.1) is 0 Å². The van der Waals surface area contributed by atoms with Crippen molar-refractivity contribution in [1.82, 2.24) is 4.90 Å². The highest BCUT2D eigenvalue weighted by molar-refractivity contribution is 5.94. The molecule has 1 fully saturated rings. The molecule has 136 valence electrons. The summed E-state index contributed by atoms with van der Waals surface area (Å²) in [5.74, 6) is 0.373. The Hall–Kier alpha value is -2.82. The van der Waals surface area contributed by atoms with Crippen molar-refractivity contribution in [2.24, 2.45) is 11.1 Å². The number of hydrogen-bond acceptors (Lipinski definition) is 3. The van der Waals surface area contributed by atoms with E-state index >= 15 is 0 Å². The van der Waals surface area contributed by atoms with Crippen molar-refractivity contribution in [3.63, 3.8) is 0 Å². The molecule has 1 aliphatic rings. The highest BCUT2D eigenvalue weighted by Gasteiger charge is 2.39. The third kappa shape index (κ3) is 4.42. The fraction of sp³-hybridized carbons (Fsp3) is 0.333. The molecule has 2 aromatic carbocycles. The number of benzene rings is 2. The van der Waals surface area contributed by atoms with Gasteiger partial charge in [-0.3, -0.25) is 9.59 Å². The monoisotopic (exact) mass is 352 g/mol. The molecule has 26 heavy (non-hydrogen) atoms. The van der Waals surface area contributed by atoms with E-state index in [1.165, 1.54) is 0 Å². The lowest BCUT2D eigenvalue weighted by Crippen LogP contribution is -2.50. The molecule has 0 bridgehead atoms. The average molecular weight is 352 g/mol. The molecular weight excluding hydrogens is 328 g/mol. The number of rotatable bonds is 6. The standard InChI is InChI=1S/C21H24N2O3/c22-19(24)14-21(16-26-18-10-5-2-6-11-18)12-7-13-23(15-21)20(25)17-8-3-1-4-9-17/h1-6,8-11H,7,12-16H2,(H2,22,24). The maximum absolute atomic E-state index is 12.8. The van der Waals surface area contributed by atoms with Crippen LogP contribution in [0.2, 0.25) is 0 Å². The molecule has 0 spiro atoms. The first kappa shape index (κ1) is 18.0. The molecule has 2 aromatic rings. The summed E-state index contributed by atoms with van der Waals surface area (Å²) in [4.78, 5) is 26.3. The molecule has 5 nitrogen and oxygen atoms in total. The predicted octanol–water partition coefficient (Wildman–Crippen LogP) is 2.86. The minimum absolute atomic E-state index is 0.0149. The van der Waals surface area contributed by atoms with E-state index in [0.29, 0.717) is 25.3 Å². The van der Waals surface area contributed by atoms with E-state index in [1.54, 1.807) is 0 Å². The van der Waals surface area contributed by atoms with Gasteiger partial charge in [0.05, 0.1) is 6.61 Å². The van der Waals surface area contributed by atoms with Gasteiger partial charge in [-0.05, 0) is 37.1 Å². The molecule has 1 aliphatic heterocycles. The second-order valence-corrected chi connectivity index (χ2v) is 6.94. The summed E-state index contributed by atoms with van der Waals surface area (Å²) >= 11 is 0. The molecule has 0 aliphatic carbocycles. The Kier molecular flexibility index (Phi) is 5.56. The van der Waals surface area contributed by atoms with Crippen LogP contribution in [0.4, 0.5) is 0 Å². The number of nitrogens with two attached hydrogens (primary N) is 1. The number of piperidine rings is 1. The number of carbonyl (C=O) groups excluding carboxylic acids is 2. The largest absolute Gasteiger partial charge is 0.493 e. The first-order chi connectivity index (χ1) is 12.6. The van der Waals surface area contributed by atoms with Crippen LogP contribution in [0.3, 0.4) is 0 Å². The minimum atomic E-state index is -0.454. The van der Waals surface area contributed by atoms with E-state index in [0.717, 1.165) is 18.6 Å². The van der Waals surface area contributed by atoms with Crippen molar-refractivity contribution in [2.75, 3.05) is 19.7 Å². The van der Waals surface area contributed by atoms with E-state index in [1.807, 2.05) is 65.6 Å². The zero-order valence-corrected chi connectivity index (χ0v) is 14.8. The molecule has 1 saturated heterocycles. The number of carbonyl (C=O) groups is 2. The molecule has 1 atom stereocenters. The quantitative estimate of drug-likeness (QED) is 0.869. The summed E-state index contributed by atoms with van der Waals surface area (Å²) in [6.07, 6.45) is 1.84. The number of nitrogens with zero attached hydrogens (tertiary/aromatic N) is 1. The van der Waals surface area contributed by atoms with Crippen molar-refractivity contribution >= 4 is 11.8 Å².